The van der Waals surface area contributed by atoms with Gasteiger partial charge in [0.2, 0.25) is 0 Å². The summed E-state index contributed by atoms with van der Waals surface area (Å²) in [7, 11) is -4.38. The number of rotatable bonds is 42. The van der Waals surface area contributed by atoms with Crippen molar-refractivity contribution in [2.24, 2.45) is 5.73 Å². The molecule has 0 aliphatic heterocycles. The standard InChI is InChI=1S/C49H84NO8P/c1-3-5-7-9-11-13-15-16-17-18-19-20-21-22-23-24-25-26-27-28-29-30-32-34-36-38-40-42-49(52)58-47(46-57-59(53,54)56-44-43-50)45-55-48(51)41-39-37-35-33-31-14-12-10-8-6-4-2/h5,7,10-13,16-17,19-20,22-23,25-26,47H,3-4,6,8-9,14-15,18,21,24,27-46,50H2,1-2H3,(H,53,54)/b7-5-,12-10-,13-11-,17-16-,20-19-,23-22-,26-25-. The smallest absolute Gasteiger partial charge is 0.462 e. The van der Waals surface area contributed by atoms with Crippen molar-refractivity contribution in [3.63, 3.8) is 0 Å². The molecule has 2 unspecified atom stereocenters. The fourth-order valence-electron chi connectivity index (χ4n) is 5.85. The third-order valence-corrected chi connectivity index (χ3v) is 10.2. The minimum Gasteiger partial charge on any atom is -0.462 e. The maximum Gasteiger partial charge on any atom is 0.472 e. The molecule has 0 aromatic rings. The summed E-state index contributed by atoms with van der Waals surface area (Å²) in [5.74, 6) is -0.856. The lowest BCUT2D eigenvalue weighted by atomic mass is 10.1. The number of carbonyl (C=O) groups is 2. The molecule has 0 amide bonds. The molecule has 0 rings (SSSR count). The first-order valence-electron chi connectivity index (χ1n) is 23.1. The second-order valence-electron chi connectivity index (χ2n) is 14.9. The minimum atomic E-state index is -4.38. The molecule has 0 fully saturated rings. The Kier molecular flexibility index (Phi) is 42.6. The molecule has 10 heteroatoms. The molecule has 2 atom stereocenters. The Labute approximate surface area is 360 Å². The van der Waals surface area contributed by atoms with Crippen LogP contribution in [0, 0.1) is 0 Å². The third-order valence-electron chi connectivity index (χ3n) is 9.27. The number of phosphoric acid groups is 1. The van der Waals surface area contributed by atoms with Gasteiger partial charge in [0.15, 0.2) is 6.10 Å². The van der Waals surface area contributed by atoms with Crippen LogP contribution in [-0.2, 0) is 32.7 Å². The van der Waals surface area contributed by atoms with Crippen molar-refractivity contribution in [1.29, 1.82) is 0 Å². The molecule has 0 aliphatic rings. The first-order chi connectivity index (χ1) is 28.8. The average Bonchev–Trinajstić information content (AvgIpc) is 3.22. The fourth-order valence-corrected chi connectivity index (χ4v) is 6.62. The van der Waals surface area contributed by atoms with Gasteiger partial charge in [-0.2, -0.15) is 0 Å². The van der Waals surface area contributed by atoms with Crippen LogP contribution < -0.4 is 5.73 Å². The van der Waals surface area contributed by atoms with E-state index in [9.17, 15) is 19.0 Å². The highest BCUT2D eigenvalue weighted by molar-refractivity contribution is 7.47. The number of hydrogen-bond acceptors (Lipinski definition) is 8. The van der Waals surface area contributed by atoms with Crippen molar-refractivity contribution in [2.75, 3.05) is 26.4 Å². The van der Waals surface area contributed by atoms with Gasteiger partial charge in [0.1, 0.15) is 6.61 Å². The van der Waals surface area contributed by atoms with Gasteiger partial charge in [0.25, 0.3) is 0 Å². The summed E-state index contributed by atoms with van der Waals surface area (Å²) in [5.41, 5.74) is 5.35. The molecule has 0 aromatic heterocycles. The quantitative estimate of drug-likeness (QED) is 0.0266. The Morgan fingerprint density at radius 3 is 1.41 bits per heavy atom. The van der Waals surface area contributed by atoms with Crippen LogP contribution in [-0.4, -0.2) is 49.3 Å². The summed E-state index contributed by atoms with van der Waals surface area (Å²) < 4.78 is 32.8. The zero-order valence-corrected chi connectivity index (χ0v) is 38.1. The Bertz CT molecular complexity index is 1240. The van der Waals surface area contributed by atoms with E-state index >= 15 is 0 Å². The Morgan fingerprint density at radius 2 is 0.932 bits per heavy atom. The van der Waals surface area contributed by atoms with Crippen LogP contribution in [0.1, 0.15) is 181 Å². The van der Waals surface area contributed by atoms with Crippen LogP contribution in [0.5, 0.6) is 0 Å². The van der Waals surface area contributed by atoms with E-state index in [1.807, 2.05) is 0 Å². The highest BCUT2D eigenvalue weighted by atomic mass is 31.2. The molecule has 0 aliphatic carbocycles. The van der Waals surface area contributed by atoms with E-state index < -0.39 is 32.5 Å². The molecule has 0 spiro atoms. The van der Waals surface area contributed by atoms with Gasteiger partial charge >= 0.3 is 19.8 Å². The first kappa shape index (κ1) is 56.2. The number of unbranched alkanes of at least 4 members (excludes halogenated alkanes) is 15. The van der Waals surface area contributed by atoms with E-state index in [1.165, 1.54) is 38.5 Å². The van der Waals surface area contributed by atoms with Gasteiger partial charge in [-0.3, -0.25) is 18.6 Å². The van der Waals surface area contributed by atoms with Crippen molar-refractivity contribution in [1.82, 2.24) is 0 Å². The summed E-state index contributed by atoms with van der Waals surface area (Å²) in [6.45, 7) is 3.54. The van der Waals surface area contributed by atoms with Crippen molar-refractivity contribution >= 4 is 19.8 Å². The molecule has 0 bridgehead atoms. The lowest BCUT2D eigenvalue weighted by Crippen LogP contribution is -2.29. The number of ether oxygens (including phenoxy) is 2. The zero-order valence-electron chi connectivity index (χ0n) is 37.2. The molecule has 338 valence electrons. The summed E-state index contributed by atoms with van der Waals surface area (Å²) in [6, 6.07) is 0. The number of hydrogen-bond donors (Lipinski definition) is 2. The number of carbonyl (C=O) groups excluding carboxylic acids is 2. The summed E-state index contributed by atoms with van der Waals surface area (Å²) in [4.78, 5) is 34.9. The number of esters is 2. The van der Waals surface area contributed by atoms with Crippen LogP contribution in [0.25, 0.3) is 0 Å². The van der Waals surface area contributed by atoms with Crippen LogP contribution in [0.3, 0.4) is 0 Å². The number of nitrogens with two attached hydrogens (primary N) is 1. The average molecular weight is 846 g/mol. The Morgan fingerprint density at radius 1 is 0.525 bits per heavy atom. The monoisotopic (exact) mass is 846 g/mol. The Hall–Kier alpha value is -2.81. The molecule has 9 nitrogen and oxygen atoms in total. The van der Waals surface area contributed by atoms with E-state index in [4.69, 9.17) is 24.3 Å². The SMILES string of the molecule is CC/C=C\C/C=C\C/C=C\C/C=C\C/C=C\C/C=C\CCCCCCCCCCC(=O)OC(COC(=O)CCCCCCC/C=C\CCCC)COP(=O)(O)OCCN. The molecule has 0 radical (unpaired) electrons. The molecule has 0 saturated carbocycles. The van der Waals surface area contributed by atoms with Crippen LogP contribution in [0.4, 0.5) is 0 Å². The van der Waals surface area contributed by atoms with E-state index in [1.54, 1.807) is 0 Å². The summed E-state index contributed by atoms with van der Waals surface area (Å²) >= 11 is 0. The predicted molar refractivity (Wildman–Crippen MR) is 247 cm³/mol. The zero-order chi connectivity index (χ0) is 43.2. The van der Waals surface area contributed by atoms with Crippen LogP contribution >= 0.6 is 7.82 Å². The van der Waals surface area contributed by atoms with Crippen LogP contribution in [0.2, 0.25) is 0 Å². The molecular weight excluding hydrogens is 762 g/mol. The normalized spacial score (nSPS) is 14.0. The molecule has 0 saturated heterocycles. The van der Waals surface area contributed by atoms with E-state index in [-0.39, 0.29) is 32.6 Å². The van der Waals surface area contributed by atoms with Crippen molar-refractivity contribution < 1.29 is 37.6 Å². The second-order valence-corrected chi connectivity index (χ2v) is 16.3. The molecule has 0 heterocycles. The van der Waals surface area contributed by atoms with E-state index in [0.29, 0.717) is 6.42 Å². The predicted octanol–water partition coefficient (Wildman–Crippen LogP) is 13.6. The van der Waals surface area contributed by atoms with Gasteiger partial charge in [0.05, 0.1) is 13.2 Å². The third kappa shape index (κ3) is 44.6. The minimum absolute atomic E-state index is 0.0467. The number of phosphoric ester groups is 1. The summed E-state index contributed by atoms with van der Waals surface area (Å²) in [6.07, 6.45) is 56.2. The topological polar surface area (TPSA) is 134 Å². The molecule has 0 aromatic carbocycles. The van der Waals surface area contributed by atoms with Crippen molar-refractivity contribution in [2.45, 2.75) is 187 Å². The van der Waals surface area contributed by atoms with Gasteiger partial charge in [-0.25, -0.2) is 4.57 Å². The molecule has 3 N–H and O–H groups in total. The number of allylic oxidation sites excluding steroid dienone is 14. The lowest BCUT2D eigenvalue weighted by molar-refractivity contribution is -0.161. The maximum atomic E-state index is 12.6. The molecular formula is C49H84NO8P. The fraction of sp³-hybridized carbons (Fsp3) is 0.673. The highest BCUT2D eigenvalue weighted by Crippen LogP contribution is 2.43. The highest BCUT2D eigenvalue weighted by Gasteiger charge is 2.26. The van der Waals surface area contributed by atoms with Gasteiger partial charge in [-0.1, -0.05) is 170 Å². The van der Waals surface area contributed by atoms with Crippen molar-refractivity contribution in [3.8, 4) is 0 Å². The molecule has 59 heavy (non-hydrogen) atoms. The maximum absolute atomic E-state index is 12.6. The van der Waals surface area contributed by atoms with Gasteiger partial charge < -0.3 is 20.1 Å². The first-order valence-corrected chi connectivity index (χ1v) is 24.6. The van der Waals surface area contributed by atoms with Gasteiger partial charge in [-0.05, 0) is 83.5 Å². The van der Waals surface area contributed by atoms with Gasteiger partial charge in [-0.15, -0.1) is 0 Å². The summed E-state index contributed by atoms with van der Waals surface area (Å²) in [5, 5.41) is 0. The second kappa shape index (κ2) is 44.7. The van der Waals surface area contributed by atoms with E-state index in [2.05, 4.69) is 98.9 Å². The van der Waals surface area contributed by atoms with Gasteiger partial charge in [0, 0.05) is 19.4 Å². The van der Waals surface area contributed by atoms with E-state index in [0.717, 1.165) is 109 Å². The largest absolute Gasteiger partial charge is 0.472 e. The van der Waals surface area contributed by atoms with Crippen LogP contribution in [0.15, 0.2) is 85.1 Å². The van der Waals surface area contributed by atoms with Crippen molar-refractivity contribution in [3.05, 3.63) is 85.1 Å². The lowest BCUT2D eigenvalue weighted by Gasteiger charge is -2.19. The Balaban J connectivity index is 4.09.